The zero-order valence-electron chi connectivity index (χ0n) is 7.75. The number of halogens is 3. The number of nitrogens with two attached hydrogens (primary N) is 1. The molecule has 0 aliphatic rings. The summed E-state index contributed by atoms with van der Waals surface area (Å²) in [5.74, 6) is 0.0977. The molecule has 3 N–H and O–H groups in total. The topological polar surface area (TPSA) is 76.2 Å². The molecule has 0 spiro atoms. The lowest BCUT2D eigenvalue weighted by atomic mass is 10.1. The normalized spacial score (nSPS) is 10.1. The van der Waals surface area contributed by atoms with Crippen LogP contribution >= 0.6 is 0 Å². The number of carbonyl (C=O) groups is 1. The second-order valence-electron chi connectivity index (χ2n) is 2.53. The van der Waals surface area contributed by atoms with Gasteiger partial charge in [0.25, 0.3) is 6.47 Å². The van der Waals surface area contributed by atoms with Crippen molar-refractivity contribution in [2.24, 2.45) is 0 Å². The van der Waals surface area contributed by atoms with E-state index in [9.17, 15) is 13.2 Å². The summed E-state index contributed by atoms with van der Waals surface area (Å²) in [6, 6.07) is 1.20. The van der Waals surface area contributed by atoms with Crippen LogP contribution in [0, 0.1) is 6.92 Å². The van der Waals surface area contributed by atoms with Crippen molar-refractivity contribution in [2.75, 3.05) is 5.73 Å². The van der Waals surface area contributed by atoms with Crippen molar-refractivity contribution >= 4 is 12.3 Å². The molecule has 0 saturated carbocycles. The Morgan fingerprint density at radius 2 is 2.00 bits per heavy atom. The lowest BCUT2D eigenvalue weighted by Crippen LogP contribution is -2.08. The predicted octanol–water partition coefficient (Wildman–Crippen LogP) is 1.69. The molecule has 0 aliphatic carbocycles. The van der Waals surface area contributed by atoms with Crippen LogP contribution in [-0.4, -0.2) is 16.6 Å². The Kier molecular flexibility index (Phi) is 4.56. The molecule has 0 atom stereocenters. The fraction of sp³-hybridized carbons (Fsp3) is 0.250. The van der Waals surface area contributed by atoms with Crippen LogP contribution in [0.2, 0.25) is 0 Å². The quantitative estimate of drug-likeness (QED) is 0.655. The first-order valence-electron chi connectivity index (χ1n) is 3.70. The van der Waals surface area contributed by atoms with Gasteiger partial charge >= 0.3 is 6.18 Å². The van der Waals surface area contributed by atoms with E-state index in [0.717, 1.165) is 6.20 Å². The molecule has 1 rings (SSSR count). The average Bonchev–Trinajstić information content (AvgIpc) is 2.02. The highest BCUT2D eigenvalue weighted by molar-refractivity contribution is 5.37. The average molecular weight is 222 g/mol. The van der Waals surface area contributed by atoms with Crippen molar-refractivity contribution in [3.8, 4) is 0 Å². The predicted molar refractivity (Wildman–Crippen MR) is 47.1 cm³/mol. The maximum atomic E-state index is 12.1. The summed E-state index contributed by atoms with van der Waals surface area (Å²) in [5, 5.41) is 6.89. The van der Waals surface area contributed by atoms with Crippen LogP contribution in [0.15, 0.2) is 12.3 Å². The largest absolute Gasteiger partial charge is 0.483 e. The number of carboxylic acid groups (broad SMARTS) is 1. The third-order valence-electron chi connectivity index (χ3n) is 1.44. The number of aromatic nitrogens is 1. The second kappa shape index (κ2) is 5.18. The number of aryl methyl sites for hydroxylation is 1. The van der Waals surface area contributed by atoms with E-state index in [0.29, 0.717) is 0 Å². The number of alkyl halides is 3. The molecule has 0 unspecified atom stereocenters. The van der Waals surface area contributed by atoms with Crippen molar-refractivity contribution < 1.29 is 23.1 Å². The number of rotatable bonds is 0. The number of nitrogens with zero attached hydrogens (tertiary/aromatic N) is 1. The highest BCUT2D eigenvalue weighted by atomic mass is 19.4. The van der Waals surface area contributed by atoms with Gasteiger partial charge in [-0.3, -0.25) is 4.79 Å². The van der Waals surface area contributed by atoms with E-state index in [1.165, 1.54) is 13.0 Å². The van der Waals surface area contributed by atoms with Crippen LogP contribution in [0.1, 0.15) is 11.1 Å². The smallest absolute Gasteiger partial charge is 0.418 e. The minimum Gasteiger partial charge on any atom is -0.483 e. The third-order valence-corrected chi connectivity index (χ3v) is 1.44. The van der Waals surface area contributed by atoms with Crippen molar-refractivity contribution in [3.63, 3.8) is 0 Å². The van der Waals surface area contributed by atoms with Gasteiger partial charge in [0.1, 0.15) is 5.82 Å². The summed E-state index contributed by atoms with van der Waals surface area (Å²) in [5.41, 5.74) is 4.55. The van der Waals surface area contributed by atoms with Crippen LogP contribution in [0.4, 0.5) is 19.0 Å². The van der Waals surface area contributed by atoms with Crippen molar-refractivity contribution in [1.82, 2.24) is 4.98 Å². The molecule has 4 nitrogen and oxygen atoms in total. The summed E-state index contributed by atoms with van der Waals surface area (Å²) in [6.07, 6.45) is -3.60. The van der Waals surface area contributed by atoms with E-state index in [1.54, 1.807) is 0 Å². The van der Waals surface area contributed by atoms with Crippen LogP contribution in [-0.2, 0) is 11.0 Å². The van der Waals surface area contributed by atoms with Gasteiger partial charge in [0, 0.05) is 6.20 Å². The number of pyridine rings is 1. The molecule has 84 valence electrons. The van der Waals surface area contributed by atoms with Crippen LogP contribution in [0.25, 0.3) is 0 Å². The van der Waals surface area contributed by atoms with Gasteiger partial charge < -0.3 is 10.8 Å². The van der Waals surface area contributed by atoms with Gasteiger partial charge in [0.15, 0.2) is 0 Å². The fourth-order valence-electron chi connectivity index (χ4n) is 0.875. The molecule has 0 radical (unpaired) electrons. The zero-order valence-corrected chi connectivity index (χ0v) is 7.75. The van der Waals surface area contributed by atoms with Gasteiger partial charge in [-0.25, -0.2) is 4.98 Å². The summed E-state index contributed by atoms with van der Waals surface area (Å²) in [7, 11) is 0. The Morgan fingerprint density at radius 3 is 2.33 bits per heavy atom. The van der Waals surface area contributed by atoms with Gasteiger partial charge in [-0.2, -0.15) is 13.2 Å². The molecule has 1 heterocycles. The first-order valence-corrected chi connectivity index (χ1v) is 3.70. The summed E-state index contributed by atoms with van der Waals surface area (Å²) in [6.45, 7) is 1.10. The lowest BCUT2D eigenvalue weighted by molar-refractivity contribution is -0.138. The summed E-state index contributed by atoms with van der Waals surface area (Å²) < 4.78 is 36.3. The molecule has 0 fully saturated rings. The van der Waals surface area contributed by atoms with E-state index in [2.05, 4.69) is 4.98 Å². The molecule has 0 bridgehead atoms. The standard InChI is InChI=1S/C7H7F3N2.CH2O2/c1-4-2-6(11)12-3-5(4)7(8,9)10;2-1-3/h2-3H,1H3,(H2,11,12);1H,(H,2,3). The highest BCUT2D eigenvalue weighted by Crippen LogP contribution is 2.31. The van der Waals surface area contributed by atoms with Crippen LogP contribution in [0.3, 0.4) is 0 Å². The lowest BCUT2D eigenvalue weighted by Gasteiger charge is -2.08. The number of hydrogen-bond acceptors (Lipinski definition) is 3. The molecule has 1 aromatic heterocycles. The van der Waals surface area contributed by atoms with Crippen LogP contribution < -0.4 is 5.73 Å². The number of hydrogen-bond donors (Lipinski definition) is 2. The van der Waals surface area contributed by atoms with Gasteiger partial charge in [-0.1, -0.05) is 0 Å². The minimum atomic E-state index is -4.34. The summed E-state index contributed by atoms with van der Waals surface area (Å²) in [4.78, 5) is 11.7. The Balaban J connectivity index is 0.000000583. The molecule has 1 aromatic rings. The molecular formula is C8H9F3N2O2. The molecular weight excluding hydrogens is 213 g/mol. The van der Waals surface area contributed by atoms with Crippen molar-refractivity contribution in [2.45, 2.75) is 13.1 Å². The monoisotopic (exact) mass is 222 g/mol. The molecule has 7 heteroatoms. The molecule has 15 heavy (non-hydrogen) atoms. The Hall–Kier alpha value is -1.79. The Morgan fingerprint density at radius 1 is 1.53 bits per heavy atom. The van der Waals surface area contributed by atoms with E-state index >= 15 is 0 Å². The minimum absolute atomic E-state index is 0.0926. The van der Waals surface area contributed by atoms with Gasteiger partial charge in [0.2, 0.25) is 0 Å². The second-order valence-corrected chi connectivity index (χ2v) is 2.53. The van der Waals surface area contributed by atoms with E-state index in [1.807, 2.05) is 0 Å². The van der Waals surface area contributed by atoms with Gasteiger partial charge in [-0.05, 0) is 18.6 Å². The van der Waals surface area contributed by atoms with E-state index in [4.69, 9.17) is 15.6 Å². The SMILES string of the molecule is Cc1cc(N)ncc1C(F)(F)F.O=CO. The van der Waals surface area contributed by atoms with Crippen LogP contribution in [0.5, 0.6) is 0 Å². The number of anilines is 1. The fourth-order valence-corrected chi connectivity index (χ4v) is 0.875. The van der Waals surface area contributed by atoms with Gasteiger partial charge in [0.05, 0.1) is 5.56 Å². The van der Waals surface area contributed by atoms with E-state index < -0.39 is 11.7 Å². The Labute approximate surface area is 83.5 Å². The zero-order chi connectivity index (χ0) is 12.1. The van der Waals surface area contributed by atoms with Gasteiger partial charge in [-0.15, -0.1) is 0 Å². The van der Waals surface area contributed by atoms with E-state index in [-0.39, 0.29) is 17.9 Å². The summed E-state index contributed by atoms with van der Waals surface area (Å²) >= 11 is 0. The first kappa shape index (κ1) is 13.2. The maximum Gasteiger partial charge on any atom is 0.418 e. The maximum absolute atomic E-state index is 12.1. The number of nitrogen functional groups attached to an aromatic ring is 1. The molecule has 0 aromatic carbocycles. The molecule has 0 amide bonds. The van der Waals surface area contributed by atoms with Crippen molar-refractivity contribution in [1.29, 1.82) is 0 Å². The Bertz CT molecular complexity index is 339. The molecule has 0 saturated heterocycles. The molecule has 0 aliphatic heterocycles. The third kappa shape index (κ3) is 4.30. The first-order chi connectivity index (χ1) is 6.82. The highest BCUT2D eigenvalue weighted by Gasteiger charge is 2.32. The van der Waals surface area contributed by atoms with Crippen molar-refractivity contribution in [3.05, 3.63) is 23.4 Å².